The molecular weight excluding hydrogens is 258 g/mol. The smallest absolute Gasteiger partial charge is 0.308 e. The normalized spacial score (nSPS) is 19.1. The highest BCUT2D eigenvalue weighted by atomic mass is 35.5. The van der Waals surface area contributed by atoms with Crippen molar-refractivity contribution < 1.29 is 19.4 Å². The van der Waals surface area contributed by atoms with E-state index in [-0.39, 0.29) is 18.9 Å². The van der Waals surface area contributed by atoms with Gasteiger partial charge in [-0.05, 0) is 12.1 Å². The molecule has 2 rings (SSSR count). The van der Waals surface area contributed by atoms with Gasteiger partial charge in [-0.15, -0.1) is 0 Å². The summed E-state index contributed by atoms with van der Waals surface area (Å²) >= 11 is 6.06. The van der Waals surface area contributed by atoms with Crippen molar-refractivity contribution in [3.8, 4) is 5.75 Å². The molecule has 6 heteroatoms. The second-order valence-electron chi connectivity index (χ2n) is 4.06. The Bertz CT molecular complexity index is 503. The van der Waals surface area contributed by atoms with E-state index in [2.05, 4.69) is 0 Å². The predicted molar refractivity (Wildman–Crippen MR) is 66.1 cm³/mol. The van der Waals surface area contributed by atoms with Crippen LogP contribution in [-0.2, 0) is 9.59 Å². The van der Waals surface area contributed by atoms with Crippen LogP contribution in [0.25, 0.3) is 0 Å². The predicted octanol–water partition coefficient (Wildman–Crippen LogP) is 1.79. The van der Waals surface area contributed by atoms with Crippen LogP contribution in [0.5, 0.6) is 5.75 Å². The number of nitrogens with zero attached hydrogens (tertiary/aromatic N) is 1. The quantitative estimate of drug-likeness (QED) is 0.908. The van der Waals surface area contributed by atoms with Crippen LogP contribution in [-0.4, -0.2) is 30.6 Å². The fraction of sp³-hybridized carbons (Fsp3) is 0.333. The molecule has 0 spiro atoms. The maximum Gasteiger partial charge on any atom is 0.308 e. The first-order valence-corrected chi connectivity index (χ1v) is 5.77. The Balaban J connectivity index is 2.27. The first-order valence-electron chi connectivity index (χ1n) is 5.39. The number of carbonyl (C=O) groups is 2. The van der Waals surface area contributed by atoms with E-state index >= 15 is 0 Å². The molecule has 0 aliphatic carbocycles. The second kappa shape index (κ2) is 4.86. The van der Waals surface area contributed by atoms with Crippen LogP contribution in [0, 0.1) is 5.92 Å². The molecule has 0 radical (unpaired) electrons. The Morgan fingerprint density at radius 2 is 2.28 bits per heavy atom. The number of aliphatic carboxylic acids is 1. The molecule has 0 aromatic heterocycles. The standard InChI is InChI=1S/C12H12ClNO4/c1-18-8-2-3-10(9(13)5-8)14-6-7(12(16)17)4-11(14)15/h2-3,5,7H,4,6H2,1H3,(H,16,17). The minimum atomic E-state index is -0.963. The minimum absolute atomic E-state index is 0.0116. The Labute approximate surface area is 109 Å². The largest absolute Gasteiger partial charge is 0.497 e. The number of hydrogen-bond donors (Lipinski definition) is 1. The summed E-state index contributed by atoms with van der Waals surface area (Å²) in [5.41, 5.74) is 0.520. The summed E-state index contributed by atoms with van der Waals surface area (Å²) in [5, 5.41) is 9.28. The molecule has 1 heterocycles. The Morgan fingerprint density at radius 1 is 1.56 bits per heavy atom. The van der Waals surface area contributed by atoms with E-state index in [1.165, 1.54) is 12.0 Å². The maximum atomic E-state index is 11.8. The van der Waals surface area contributed by atoms with Crippen molar-refractivity contribution in [2.75, 3.05) is 18.6 Å². The van der Waals surface area contributed by atoms with Crippen molar-refractivity contribution in [1.82, 2.24) is 0 Å². The lowest BCUT2D eigenvalue weighted by atomic mass is 10.1. The first kappa shape index (κ1) is 12.7. The number of benzene rings is 1. The Kier molecular flexibility index (Phi) is 3.43. The van der Waals surface area contributed by atoms with Gasteiger partial charge in [-0.2, -0.15) is 0 Å². The number of methoxy groups -OCH3 is 1. The Hall–Kier alpha value is -1.75. The van der Waals surface area contributed by atoms with Gasteiger partial charge in [0.25, 0.3) is 0 Å². The molecule has 0 bridgehead atoms. The van der Waals surface area contributed by atoms with Crippen LogP contribution in [0.1, 0.15) is 6.42 Å². The number of halogens is 1. The molecule has 96 valence electrons. The zero-order valence-corrected chi connectivity index (χ0v) is 10.5. The molecule has 1 N–H and O–H groups in total. The van der Waals surface area contributed by atoms with Crippen molar-refractivity contribution in [2.45, 2.75) is 6.42 Å². The molecular formula is C12H12ClNO4. The molecule has 1 amide bonds. The summed E-state index contributed by atoms with van der Waals surface area (Å²) < 4.78 is 5.02. The second-order valence-corrected chi connectivity index (χ2v) is 4.47. The lowest BCUT2D eigenvalue weighted by Crippen LogP contribution is -2.26. The minimum Gasteiger partial charge on any atom is -0.497 e. The highest BCUT2D eigenvalue weighted by Crippen LogP contribution is 2.33. The van der Waals surface area contributed by atoms with Gasteiger partial charge in [0, 0.05) is 19.0 Å². The lowest BCUT2D eigenvalue weighted by molar-refractivity contribution is -0.141. The fourth-order valence-electron chi connectivity index (χ4n) is 1.94. The highest BCUT2D eigenvalue weighted by Gasteiger charge is 2.35. The SMILES string of the molecule is COc1ccc(N2CC(C(=O)O)CC2=O)c(Cl)c1. The van der Waals surface area contributed by atoms with E-state index < -0.39 is 11.9 Å². The summed E-state index contributed by atoms with van der Waals surface area (Å²) in [6.07, 6.45) is 0.0116. The molecule has 1 atom stereocenters. The van der Waals surface area contributed by atoms with Gasteiger partial charge in [0.05, 0.1) is 23.7 Å². The van der Waals surface area contributed by atoms with Gasteiger partial charge in [-0.3, -0.25) is 9.59 Å². The zero-order chi connectivity index (χ0) is 13.3. The van der Waals surface area contributed by atoms with E-state index in [1.54, 1.807) is 18.2 Å². The molecule has 1 saturated heterocycles. The Morgan fingerprint density at radius 3 is 2.78 bits per heavy atom. The van der Waals surface area contributed by atoms with Crippen molar-refractivity contribution in [1.29, 1.82) is 0 Å². The topological polar surface area (TPSA) is 66.8 Å². The number of carbonyl (C=O) groups excluding carboxylic acids is 1. The summed E-state index contributed by atoms with van der Waals surface area (Å²) in [6.45, 7) is 0.153. The summed E-state index contributed by atoms with van der Waals surface area (Å²) in [5.74, 6) is -1.27. The highest BCUT2D eigenvalue weighted by molar-refractivity contribution is 6.34. The van der Waals surface area contributed by atoms with Crippen LogP contribution in [0.15, 0.2) is 18.2 Å². The average molecular weight is 270 g/mol. The van der Waals surface area contributed by atoms with Crippen molar-refractivity contribution in [3.63, 3.8) is 0 Å². The van der Waals surface area contributed by atoms with Crippen LogP contribution in [0.2, 0.25) is 5.02 Å². The van der Waals surface area contributed by atoms with Gasteiger partial charge in [-0.25, -0.2) is 0 Å². The third-order valence-corrected chi connectivity index (χ3v) is 3.22. The molecule has 1 aliphatic heterocycles. The van der Waals surface area contributed by atoms with Gasteiger partial charge in [-0.1, -0.05) is 11.6 Å². The van der Waals surface area contributed by atoms with E-state index in [9.17, 15) is 9.59 Å². The summed E-state index contributed by atoms with van der Waals surface area (Å²) in [6, 6.07) is 4.93. The lowest BCUT2D eigenvalue weighted by Gasteiger charge is -2.18. The van der Waals surface area contributed by atoms with Crippen LogP contribution < -0.4 is 9.64 Å². The molecule has 18 heavy (non-hydrogen) atoms. The molecule has 1 unspecified atom stereocenters. The molecule has 0 saturated carbocycles. The summed E-state index contributed by atoms with van der Waals surface area (Å²) in [7, 11) is 1.52. The van der Waals surface area contributed by atoms with Crippen LogP contribution in [0.4, 0.5) is 5.69 Å². The van der Waals surface area contributed by atoms with Crippen LogP contribution >= 0.6 is 11.6 Å². The van der Waals surface area contributed by atoms with Crippen molar-refractivity contribution in [2.24, 2.45) is 5.92 Å². The monoisotopic (exact) mass is 269 g/mol. The molecule has 5 nitrogen and oxygen atoms in total. The summed E-state index contributed by atoms with van der Waals surface area (Å²) in [4.78, 5) is 24.0. The van der Waals surface area contributed by atoms with Gasteiger partial charge < -0.3 is 14.7 Å². The van der Waals surface area contributed by atoms with Crippen LogP contribution in [0.3, 0.4) is 0 Å². The van der Waals surface area contributed by atoms with Gasteiger partial charge in [0.15, 0.2) is 0 Å². The fourth-order valence-corrected chi connectivity index (χ4v) is 2.21. The van der Waals surface area contributed by atoms with Gasteiger partial charge in [0.2, 0.25) is 5.91 Å². The van der Waals surface area contributed by atoms with Crippen molar-refractivity contribution >= 4 is 29.2 Å². The average Bonchev–Trinajstić information content (AvgIpc) is 2.71. The first-order chi connectivity index (χ1) is 8.52. The number of hydrogen-bond acceptors (Lipinski definition) is 3. The zero-order valence-electron chi connectivity index (χ0n) is 9.72. The van der Waals surface area contributed by atoms with Gasteiger partial charge >= 0.3 is 5.97 Å². The number of carboxylic acid groups (broad SMARTS) is 1. The molecule has 1 aromatic rings. The molecule has 1 fully saturated rings. The number of carboxylic acids is 1. The number of amides is 1. The van der Waals surface area contributed by atoms with Gasteiger partial charge in [0.1, 0.15) is 5.75 Å². The van der Waals surface area contributed by atoms with E-state index in [0.29, 0.717) is 16.5 Å². The third-order valence-electron chi connectivity index (χ3n) is 2.92. The van der Waals surface area contributed by atoms with E-state index in [1.807, 2.05) is 0 Å². The number of rotatable bonds is 3. The van der Waals surface area contributed by atoms with E-state index in [4.69, 9.17) is 21.4 Å². The van der Waals surface area contributed by atoms with Crippen molar-refractivity contribution in [3.05, 3.63) is 23.2 Å². The van der Waals surface area contributed by atoms with E-state index in [0.717, 1.165) is 0 Å². The third kappa shape index (κ3) is 2.26. The number of ether oxygens (including phenoxy) is 1. The maximum absolute atomic E-state index is 11.8. The molecule has 1 aromatic carbocycles. The number of anilines is 1. The molecule has 1 aliphatic rings.